The van der Waals surface area contributed by atoms with Gasteiger partial charge in [0.1, 0.15) is 0 Å². The Balaban J connectivity index is 1.86. The highest BCUT2D eigenvalue weighted by Crippen LogP contribution is 2.17. The Kier molecular flexibility index (Phi) is 4.93. The van der Waals surface area contributed by atoms with E-state index in [4.69, 9.17) is 0 Å². The minimum Gasteiger partial charge on any atom is -0.387 e. The first-order valence-corrected chi connectivity index (χ1v) is 6.87. The molecule has 4 nitrogen and oxygen atoms in total. The molecule has 1 aliphatic rings. The molecule has 1 amide bonds. The third kappa shape index (κ3) is 4.33. The second kappa shape index (κ2) is 6.68. The molecule has 19 heavy (non-hydrogen) atoms. The van der Waals surface area contributed by atoms with E-state index in [-0.39, 0.29) is 11.9 Å². The zero-order valence-corrected chi connectivity index (χ0v) is 11.4. The van der Waals surface area contributed by atoms with E-state index < -0.39 is 6.10 Å². The maximum Gasteiger partial charge on any atom is 0.217 e. The van der Waals surface area contributed by atoms with Crippen LogP contribution in [0.3, 0.4) is 0 Å². The summed E-state index contributed by atoms with van der Waals surface area (Å²) in [7, 11) is 0. The molecule has 2 N–H and O–H groups in total. The average molecular weight is 262 g/mol. The molecule has 104 valence electrons. The molecule has 2 atom stereocenters. The van der Waals surface area contributed by atoms with Crippen LogP contribution in [0.25, 0.3) is 0 Å². The molecule has 1 aliphatic heterocycles. The van der Waals surface area contributed by atoms with Crippen LogP contribution in [0.1, 0.15) is 31.4 Å². The minimum atomic E-state index is -0.461. The molecule has 0 spiro atoms. The van der Waals surface area contributed by atoms with E-state index in [1.54, 1.807) is 6.92 Å². The highest BCUT2D eigenvalue weighted by molar-refractivity contribution is 5.73. The molecular formula is C15H22N2O2. The summed E-state index contributed by atoms with van der Waals surface area (Å²) >= 11 is 0. The first kappa shape index (κ1) is 14.0. The van der Waals surface area contributed by atoms with Crippen molar-refractivity contribution in [2.24, 2.45) is 0 Å². The van der Waals surface area contributed by atoms with Crippen molar-refractivity contribution in [1.29, 1.82) is 0 Å². The van der Waals surface area contributed by atoms with Gasteiger partial charge in [0.15, 0.2) is 0 Å². The summed E-state index contributed by atoms with van der Waals surface area (Å²) in [5.74, 6) is 0.0236. The molecule has 2 rings (SSSR count). The van der Waals surface area contributed by atoms with E-state index >= 15 is 0 Å². The summed E-state index contributed by atoms with van der Waals surface area (Å²) in [6.07, 6.45) is 1.63. The summed E-state index contributed by atoms with van der Waals surface area (Å²) in [5, 5.41) is 13.2. The van der Waals surface area contributed by atoms with Gasteiger partial charge in [-0.05, 0) is 24.9 Å². The van der Waals surface area contributed by atoms with Crippen LogP contribution in [0.2, 0.25) is 0 Å². The van der Waals surface area contributed by atoms with Gasteiger partial charge in [-0.25, -0.2) is 0 Å². The largest absolute Gasteiger partial charge is 0.387 e. The average Bonchev–Trinajstić information content (AvgIpc) is 2.39. The van der Waals surface area contributed by atoms with Crippen molar-refractivity contribution in [3.63, 3.8) is 0 Å². The van der Waals surface area contributed by atoms with Crippen LogP contribution in [0.15, 0.2) is 30.3 Å². The van der Waals surface area contributed by atoms with Crippen molar-refractivity contribution in [2.75, 3.05) is 19.6 Å². The van der Waals surface area contributed by atoms with E-state index in [9.17, 15) is 9.90 Å². The number of nitrogens with zero attached hydrogens (tertiary/aromatic N) is 1. The molecule has 1 aromatic carbocycles. The number of likely N-dealkylation sites (tertiary alicyclic amines) is 1. The van der Waals surface area contributed by atoms with Crippen LogP contribution >= 0.6 is 0 Å². The lowest BCUT2D eigenvalue weighted by Gasteiger charge is -2.34. The number of hydrogen-bond donors (Lipinski definition) is 2. The predicted octanol–water partition coefficient (Wildman–Crippen LogP) is 1.32. The fourth-order valence-electron chi connectivity index (χ4n) is 2.65. The number of β-amino-alcohol motifs (C(OH)–C–C–N with tert-alkyl or cyclic N) is 1. The molecule has 0 bridgehead atoms. The number of nitrogens with one attached hydrogen (secondary N) is 1. The van der Waals surface area contributed by atoms with Crippen molar-refractivity contribution in [1.82, 2.24) is 10.2 Å². The minimum absolute atomic E-state index is 0.0236. The highest BCUT2D eigenvalue weighted by atomic mass is 16.3. The molecule has 1 heterocycles. The van der Waals surface area contributed by atoms with Gasteiger partial charge < -0.3 is 10.4 Å². The normalized spacial score (nSPS) is 21.9. The van der Waals surface area contributed by atoms with Crippen LogP contribution in [0, 0.1) is 0 Å². The second-order valence-corrected chi connectivity index (χ2v) is 5.23. The molecule has 0 aliphatic carbocycles. The molecule has 1 saturated heterocycles. The topological polar surface area (TPSA) is 52.6 Å². The fourth-order valence-corrected chi connectivity index (χ4v) is 2.65. The SMILES string of the molecule is CC(=O)NC1CCCN(CC(O)c2ccccc2)C1. The third-order valence-electron chi connectivity index (χ3n) is 3.53. The van der Waals surface area contributed by atoms with Crippen LogP contribution in [0.5, 0.6) is 0 Å². The lowest BCUT2D eigenvalue weighted by atomic mass is 10.0. The summed E-state index contributed by atoms with van der Waals surface area (Å²) in [4.78, 5) is 13.3. The number of hydrogen-bond acceptors (Lipinski definition) is 3. The first-order chi connectivity index (χ1) is 9.15. The number of benzene rings is 1. The summed E-state index contributed by atoms with van der Waals surface area (Å²) in [6, 6.07) is 9.93. The maximum atomic E-state index is 11.1. The van der Waals surface area contributed by atoms with Gasteiger partial charge in [0.05, 0.1) is 6.10 Å². The molecule has 0 radical (unpaired) electrons. The lowest BCUT2D eigenvalue weighted by Crippen LogP contribution is -2.48. The molecule has 0 saturated carbocycles. The quantitative estimate of drug-likeness (QED) is 0.860. The molecular weight excluding hydrogens is 240 g/mol. The maximum absolute atomic E-state index is 11.1. The van der Waals surface area contributed by atoms with E-state index in [2.05, 4.69) is 10.2 Å². The van der Waals surface area contributed by atoms with Gasteiger partial charge >= 0.3 is 0 Å². The summed E-state index contributed by atoms with van der Waals surface area (Å²) in [5.41, 5.74) is 0.948. The molecule has 1 fully saturated rings. The van der Waals surface area contributed by atoms with Gasteiger partial charge in [-0.15, -0.1) is 0 Å². The van der Waals surface area contributed by atoms with Crippen molar-refractivity contribution in [3.8, 4) is 0 Å². The van der Waals surface area contributed by atoms with Crippen LogP contribution in [-0.4, -0.2) is 41.6 Å². The summed E-state index contributed by atoms with van der Waals surface area (Å²) in [6.45, 7) is 3.99. The van der Waals surface area contributed by atoms with E-state index in [1.807, 2.05) is 30.3 Å². The number of piperidine rings is 1. The highest BCUT2D eigenvalue weighted by Gasteiger charge is 2.22. The Bertz CT molecular complexity index is 408. The second-order valence-electron chi connectivity index (χ2n) is 5.23. The van der Waals surface area contributed by atoms with E-state index in [0.717, 1.165) is 31.5 Å². The standard InChI is InChI=1S/C15H22N2O2/c1-12(18)16-14-8-5-9-17(10-14)11-15(19)13-6-3-2-4-7-13/h2-4,6-7,14-15,19H,5,8-11H2,1H3,(H,16,18). The number of carbonyl (C=O) groups is 1. The molecule has 1 aromatic rings. The lowest BCUT2D eigenvalue weighted by molar-refractivity contribution is -0.120. The van der Waals surface area contributed by atoms with Gasteiger partial charge in [0, 0.05) is 26.1 Å². The Hall–Kier alpha value is -1.39. The zero-order valence-electron chi connectivity index (χ0n) is 11.4. The number of aliphatic hydroxyl groups is 1. The van der Waals surface area contributed by atoms with Gasteiger partial charge in [0.25, 0.3) is 0 Å². The molecule has 0 aromatic heterocycles. The first-order valence-electron chi connectivity index (χ1n) is 6.87. The molecule has 4 heteroatoms. The predicted molar refractivity (Wildman–Crippen MR) is 74.7 cm³/mol. The van der Waals surface area contributed by atoms with E-state index in [1.165, 1.54) is 0 Å². The fraction of sp³-hybridized carbons (Fsp3) is 0.533. The third-order valence-corrected chi connectivity index (χ3v) is 3.53. The van der Waals surface area contributed by atoms with Gasteiger partial charge in [-0.1, -0.05) is 30.3 Å². The van der Waals surface area contributed by atoms with Gasteiger partial charge in [-0.3, -0.25) is 9.69 Å². The Morgan fingerprint density at radius 2 is 2.21 bits per heavy atom. The van der Waals surface area contributed by atoms with Crippen LogP contribution in [0.4, 0.5) is 0 Å². The number of carbonyl (C=O) groups excluding carboxylic acids is 1. The van der Waals surface area contributed by atoms with E-state index in [0.29, 0.717) is 6.54 Å². The van der Waals surface area contributed by atoms with Gasteiger partial charge in [0.2, 0.25) is 5.91 Å². The monoisotopic (exact) mass is 262 g/mol. The molecule has 2 unspecified atom stereocenters. The van der Waals surface area contributed by atoms with Gasteiger partial charge in [-0.2, -0.15) is 0 Å². The zero-order chi connectivity index (χ0) is 13.7. The van der Waals surface area contributed by atoms with Crippen molar-refractivity contribution < 1.29 is 9.90 Å². The van der Waals surface area contributed by atoms with Crippen molar-refractivity contribution in [2.45, 2.75) is 31.9 Å². The number of rotatable bonds is 4. The Labute approximate surface area is 114 Å². The Morgan fingerprint density at radius 3 is 2.89 bits per heavy atom. The van der Waals surface area contributed by atoms with Crippen LogP contribution < -0.4 is 5.32 Å². The number of amides is 1. The smallest absolute Gasteiger partial charge is 0.217 e. The Morgan fingerprint density at radius 1 is 1.47 bits per heavy atom. The van der Waals surface area contributed by atoms with Crippen molar-refractivity contribution in [3.05, 3.63) is 35.9 Å². The summed E-state index contributed by atoms with van der Waals surface area (Å²) < 4.78 is 0. The van der Waals surface area contributed by atoms with Crippen molar-refractivity contribution >= 4 is 5.91 Å². The number of aliphatic hydroxyl groups excluding tert-OH is 1. The van der Waals surface area contributed by atoms with Crippen LogP contribution in [-0.2, 0) is 4.79 Å².